The largest absolute Gasteiger partial charge is 0.464 e. The predicted octanol–water partition coefficient (Wildman–Crippen LogP) is 3.74. The van der Waals surface area contributed by atoms with E-state index in [1.165, 1.54) is 23.5 Å². The Balaban J connectivity index is 2.54. The Bertz CT molecular complexity index is 1060. The molecule has 1 atom stereocenters. The number of ketones is 1. The van der Waals surface area contributed by atoms with Crippen molar-refractivity contribution in [1.82, 2.24) is 8.87 Å². The maximum absolute atomic E-state index is 13.6. The summed E-state index contributed by atoms with van der Waals surface area (Å²) < 4.78 is 34.6. The highest BCUT2D eigenvalue weighted by Crippen LogP contribution is 2.27. The maximum atomic E-state index is 13.6. The number of carbonyl (C=O) groups excluding carboxylic acids is 2. The van der Waals surface area contributed by atoms with E-state index in [0.717, 1.165) is 0 Å². The summed E-state index contributed by atoms with van der Waals surface area (Å²) in [7, 11) is -0.911. The summed E-state index contributed by atoms with van der Waals surface area (Å²) >= 11 is 0. The molecule has 0 spiro atoms. The quantitative estimate of drug-likeness (QED) is 0.431. The van der Waals surface area contributed by atoms with Gasteiger partial charge in [-0.05, 0) is 50.8 Å². The number of hydrogen-bond donors (Lipinski definition) is 0. The van der Waals surface area contributed by atoms with Crippen LogP contribution in [0.4, 0.5) is 0 Å². The lowest BCUT2D eigenvalue weighted by atomic mass is 10.0. The molecule has 0 unspecified atom stereocenters. The number of aromatic nitrogens is 1. The van der Waals surface area contributed by atoms with E-state index >= 15 is 0 Å². The number of hydrogen-bond acceptors (Lipinski definition) is 5. The number of methoxy groups -OCH3 is 1. The summed E-state index contributed by atoms with van der Waals surface area (Å²) in [6.45, 7) is 9.26. The van der Waals surface area contributed by atoms with Gasteiger partial charge in [0.1, 0.15) is 5.69 Å². The molecule has 0 N–H and O–H groups in total. The average molecular weight is 449 g/mol. The van der Waals surface area contributed by atoms with Crippen molar-refractivity contribution < 1.29 is 22.7 Å². The first-order valence-electron chi connectivity index (χ1n) is 10.3. The molecule has 0 aliphatic heterocycles. The number of rotatable bonds is 9. The lowest BCUT2D eigenvalue weighted by Gasteiger charge is -2.28. The second-order valence-electron chi connectivity index (χ2n) is 8.14. The van der Waals surface area contributed by atoms with Crippen LogP contribution in [0.3, 0.4) is 0 Å². The van der Waals surface area contributed by atoms with Gasteiger partial charge < -0.3 is 9.30 Å². The molecular formula is C23H32N2O5S. The SMILES string of the molecule is COC(=O)c1c(C)c(C(=O)[C@H](C)N(CCC(C)C)S(=O)(=O)c2ccccc2)c(C)n1C. The van der Waals surface area contributed by atoms with Gasteiger partial charge in [-0.2, -0.15) is 4.31 Å². The van der Waals surface area contributed by atoms with Gasteiger partial charge in [-0.15, -0.1) is 0 Å². The fourth-order valence-electron chi connectivity index (χ4n) is 3.70. The molecule has 2 rings (SSSR count). The molecule has 170 valence electrons. The van der Waals surface area contributed by atoms with Gasteiger partial charge in [0.05, 0.1) is 18.0 Å². The molecule has 2 aromatic rings. The van der Waals surface area contributed by atoms with Crippen LogP contribution in [-0.2, 0) is 21.8 Å². The highest BCUT2D eigenvalue weighted by atomic mass is 32.2. The lowest BCUT2D eigenvalue weighted by molar-refractivity contribution is 0.0588. The molecule has 0 radical (unpaired) electrons. The number of benzene rings is 1. The average Bonchev–Trinajstić information content (AvgIpc) is 2.95. The molecule has 0 fully saturated rings. The number of nitrogens with zero attached hydrogens (tertiary/aromatic N) is 2. The van der Waals surface area contributed by atoms with Gasteiger partial charge in [-0.3, -0.25) is 4.79 Å². The molecule has 1 aromatic heterocycles. The number of ether oxygens (including phenoxy) is 1. The van der Waals surface area contributed by atoms with Crippen LogP contribution in [-0.4, -0.2) is 48.7 Å². The normalized spacial score (nSPS) is 12.9. The maximum Gasteiger partial charge on any atom is 0.354 e. The van der Waals surface area contributed by atoms with Gasteiger partial charge in [0.25, 0.3) is 0 Å². The van der Waals surface area contributed by atoms with E-state index in [9.17, 15) is 18.0 Å². The van der Waals surface area contributed by atoms with E-state index in [2.05, 4.69) is 0 Å². The summed E-state index contributed by atoms with van der Waals surface area (Å²) in [6, 6.07) is 7.19. The van der Waals surface area contributed by atoms with E-state index in [1.54, 1.807) is 50.6 Å². The standard InChI is InChI=1S/C23H32N2O5S/c1-15(2)13-14-25(31(28,29)19-11-9-8-10-12-19)18(5)22(26)20-16(3)21(23(27)30-7)24(6)17(20)4/h8-12,15,18H,13-14H2,1-7H3/t18-/m0/s1. The van der Waals surface area contributed by atoms with Crippen molar-refractivity contribution in [3.63, 3.8) is 0 Å². The van der Waals surface area contributed by atoms with E-state index in [-0.39, 0.29) is 28.8 Å². The van der Waals surface area contributed by atoms with Gasteiger partial charge in [0.2, 0.25) is 10.0 Å². The second kappa shape index (κ2) is 9.78. The first-order valence-corrected chi connectivity index (χ1v) is 11.7. The Labute approximate surface area is 185 Å². The van der Waals surface area contributed by atoms with Crippen molar-refractivity contribution in [2.24, 2.45) is 13.0 Å². The van der Waals surface area contributed by atoms with Crippen LogP contribution < -0.4 is 0 Å². The number of esters is 1. The van der Waals surface area contributed by atoms with E-state index in [4.69, 9.17) is 4.74 Å². The van der Waals surface area contributed by atoms with Gasteiger partial charge >= 0.3 is 5.97 Å². The molecule has 31 heavy (non-hydrogen) atoms. The molecule has 0 amide bonds. The summed E-state index contributed by atoms with van der Waals surface area (Å²) in [4.78, 5) is 25.9. The Hall–Kier alpha value is -2.45. The highest BCUT2D eigenvalue weighted by molar-refractivity contribution is 7.89. The van der Waals surface area contributed by atoms with Crippen LogP contribution in [0, 0.1) is 19.8 Å². The van der Waals surface area contributed by atoms with Crippen molar-refractivity contribution in [1.29, 1.82) is 0 Å². The zero-order valence-corrected chi connectivity index (χ0v) is 20.1. The van der Waals surface area contributed by atoms with Crippen molar-refractivity contribution in [3.05, 3.63) is 52.8 Å². The lowest BCUT2D eigenvalue weighted by Crippen LogP contribution is -2.44. The van der Waals surface area contributed by atoms with Crippen LogP contribution in [0.1, 0.15) is 59.3 Å². The molecule has 0 bridgehead atoms. The summed E-state index contributed by atoms with van der Waals surface area (Å²) in [5, 5.41) is 0. The Morgan fingerprint density at radius 1 is 1.10 bits per heavy atom. The van der Waals surface area contributed by atoms with Crippen molar-refractivity contribution in [3.8, 4) is 0 Å². The minimum Gasteiger partial charge on any atom is -0.464 e. The van der Waals surface area contributed by atoms with Crippen molar-refractivity contribution >= 4 is 21.8 Å². The van der Waals surface area contributed by atoms with Crippen LogP contribution in [0.15, 0.2) is 35.2 Å². The van der Waals surface area contributed by atoms with Gasteiger partial charge in [0.15, 0.2) is 5.78 Å². The molecule has 0 saturated carbocycles. The molecule has 1 heterocycles. The predicted molar refractivity (Wildman–Crippen MR) is 120 cm³/mol. The number of Topliss-reactive ketones (excluding diaryl/α,β-unsaturated/α-hetero) is 1. The zero-order chi connectivity index (χ0) is 23.5. The van der Waals surface area contributed by atoms with Gasteiger partial charge in [-0.25, -0.2) is 13.2 Å². The van der Waals surface area contributed by atoms with Crippen molar-refractivity contribution in [2.45, 2.75) is 52.0 Å². The van der Waals surface area contributed by atoms with Gasteiger partial charge in [0, 0.05) is 24.8 Å². The van der Waals surface area contributed by atoms with Crippen molar-refractivity contribution in [2.75, 3.05) is 13.7 Å². The molecule has 0 aliphatic carbocycles. The Morgan fingerprint density at radius 3 is 2.19 bits per heavy atom. The third-order valence-corrected chi connectivity index (χ3v) is 7.63. The van der Waals surface area contributed by atoms with Gasteiger partial charge in [-0.1, -0.05) is 32.0 Å². The number of carbonyl (C=O) groups is 2. The molecule has 7 nitrogen and oxygen atoms in total. The molecule has 0 saturated heterocycles. The monoisotopic (exact) mass is 448 g/mol. The molecule has 1 aromatic carbocycles. The Kier molecular flexibility index (Phi) is 7.83. The minimum absolute atomic E-state index is 0.148. The molecular weight excluding hydrogens is 416 g/mol. The zero-order valence-electron chi connectivity index (χ0n) is 19.3. The summed E-state index contributed by atoms with van der Waals surface area (Å²) in [6.07, 6.45) is 0.615. The third kappa shape index (κ3) is 4.91. The fraction of sp³-hybridized carbons (Fsp3) is 0.478. The topological polar surface area (TPSA) is 85.7 Å². The molecule has 0 aliphatic rings. The van der Waals surface area contributed by atoms with Crippen LogP contribution in [0.5, 0.6) is 0 Å². The minimum atomic E-state index is -3.88. The van der Waals surface area contributed by atoms with E-state index < -0.39 is 22.0 Å². The second-order valence-corrected chi connectivity index (χ2v) is 10.0. The third-order valence-electron chi connectivity index (χ3n) is 5.64. The molecule has 8 heteroatoms. The van der Waals surface area contributed by atoms with E-state index in [0.29, 0.717) is 23.2 Å². The highest BCUT2D eigenvalue weighted by Gasteiger charge is 2.36. The fourth-order valence-corrected chi connectivity index (χ4v) is 5.33. The number of sulfonamides is 1. The van der Waals surface area contributed by atoms with Crippen LogP contribution in [0.2, 0.25) is 0 Å². The van der Waals surface area contributed by atoms with Crippen LogP contribution >= 0.6 is 0 Å². The van der Waals surface area contributed by atoms with E-state index in [1.807, 2.05) is 13.8 Å². The summed E-state index contributed by atoms with van der Waals surface area (Å²) in [5.74, 6) is -0.616. The first kappa shape index (κ1) is 24.8. The smallest absolute Gasteiger partial charge is 0.354 e. The Morgan fingerprint density at radius 2 is 1.68 bits per heavy atom. The first-order chi connectivity index (χ1) is 14.4. The summed E-state index contributed by atoms with van der Waals surface area (Å²) in [5.41, 5.74) is 1.73. The van der Waals surface area contributed by atoms with Crippen LogP contribution in [0.25, 0.3) is 0 Å².